The first-order chi connectivity index (χ1) is 16.0. The molecule has 0 aliphatic carbocycles. The van der Waals surface area contributed by atoms with E-state index in [-0.39, 0.29) is 0 Å². The quantitative estimate of drug-likeness (QED) is 0.416. The molecule has 1 aliphatic rings. The molecular formula is C27H29NO4S. The van der Waals surface area contributed by atoms with Crippen LogP contribution in [-0.4, -0.2) is 37.6 Å². The van der Waals surface area contributed by atoms with Crippen molar-refractivity contribution < 1.29 is 19.0 Å². The number of rotatable bonds is 8. The van der Waals surface area contributed by atoms with Crippen molar-refractivity contribution in [3.05, 3.63) is 72.3 Å². The highest BCUT2D eigenvalue weighted by atomic mass is 32.2. The Morgan fingerprint density at radius 3 is 2.67 bits per heavy atom. The van der Waals surface area contributed by atoms with Gasteiger partial charge in [-0.15, -0.1) is 11.8 Å². The minimum atomic E-state index is -0.661. The smallest absolute Gasteiger partial charge is 0.346 e. The van der Waals surface area contributed by atoms with Gasteiger partial charge in [-0.2, -0.15) is 0 Å². The molecule has 0 radical (unpaired) electrons. The Bertz CT molecular complexity index is 1100. The molecule has 6 heteroatoms. The Kier molecular flexibility index (Phi) is 7.45. The molecule has 1 N–H and O–H groups in total. The van der Waals surface area contributed by atoms with Crippen molar-refractivity contribution in [2.24, 2.45) is 0 Å². The van der Waals surface area contributed by atoms with Crippen LogP contribution >= 0.6 is 11.8 Å². The molecule has 5 nitrogen and oxygen atoms in total. The second kappa shape index (κ2) is 10.7. The van der Waals surface area contributed by atoms with Gasteiger partial charge in [0.1, 0.15) is 11.5 Å². The second-order valence-corrected chi connectivity index (χ2v) is 9.33. The van der Waals surface area contributed by atoms with Gasteiger partial charge < -0.3 is 19.5 Å². The molecule has 4 rings (SSSR count). The molecule has 3 aromatic rings. The number of fused-ring (bicyclic) bond motifs is 1. The lowest BCUT2D eigenvalue weighted by molar-refractivity contribution is -0.147. The average molecular weight is 464 g/mol. The van der Waals surface area contributed by atoms with Gasteiger partial charge in [0.15, 0.2) is 6.10 Å². The highest BCUT2D eigenvalue weighted by Gasteiger charge is 2.19. The summed E-state index contributed by atoms with van der Waals surface area (Å²) in [6.07, 6.45) is 0.315. The van der Waals surface area contributed by atoms with E-state index in [0.29, 0.717) is 17.6 Å². The molecule has 1 heterocycles. The van der Waals surface area contributed by atoms with Gasteiger partial charge in [-0.25, -0.2) is 4.79 Å². The molecule has 0 spiro atoms. The molecule has 0 saturated heterocycles. The molecule has 0 saturated carbocycles. The van der Waals surface area contributed by atoms with Crippen LogP contribution < -0.4 is 14.8 Å². The maximum absolute atomic E-state index is 11.7. The van der Waals surface area contributed by atoms with Crippen LogP contribution in [0.2, 0.25) is 0 Å². The van der Waals surface area contributed by atoms with Crippen LogP contribution in [-0.2, 0) is 9.53 Å². The van der Waals surface area contributed by atoms with E-state index < -0.39 is 12.1 Å². The molecule has 33 heavy (non-hydrogen) atoms. The molecule has 172 valence electrons. The zero-order valence-electron chi connectivity index (χ0n) is 19.2. The summed E-state index contributed by atoms with van der Waals surface area (Å²) in [5.41, 5.74) is 4.32. The predicted molar refractivity (Wildman–Crippen MR) is 133 cm³/mol. The fourth-order valence-corrected chi connectivity index (χ4v) is 4.98. The summed E-state index contributed by atoms with van der Waals surface area (Å²) < 4.78 is 16.6. The molecule has 0 aromatic heterocycles. The van der Waals surface area contributed by atoms with Crippen LogP contribution in [0.4, 0.5) is 5.69 Å². The lowest BCUT2D eigenvalue weighted by atomic mass is 10.00. The van der Waals surface area contributed by atoms with Crippen molar-refractivity contribution in [3.8, 4) is 22.6 Å². The van der Waals surface area contributed by atoms with Gasteiger partial charge in [0.05, 0.1) is 13.7 Å². The third kappa shape index (κ3) is 5.63. The number of nitrogens with one attached hydrogen (secondary N) is 1. The fourth-order valence-electron chi connectivity index (χ4n) is 3.82. The van der Waals surface area contributed by atoms with Gasteiger partial charge in [0.2, 0.25) is 0 Å². The third-order valence-corrected chi connectivity index (χ3v) is 7.04. The Labute approximate surface area is 199 Å². The van der Waals surface area contributed by atoms with Gasteiger partial charge in [0.25, 0.3) is 0 Å². The number of methoxy groups -OCH3 is 1. The summed E-state index contributed by atoms with van der Waals surface area (Å²) in [6, 6.07) is 22.4. The lowest BCUT2D eigenvalue weighted by Gasteiger charge is -2.25. The van der Waals surface area contributed by atoms with E-state index in [2.05, 4.69) is 41.7 Å². The molecular weight excluding hydrogens is 434 g/mol. The first kappa shape index (κ1) is 23.1. The number of carbonyl (C=O) groups excluding carboxylic acids is 1. The number of hydrogen-bond donors (Lipinski definition) is 1. The number of para-hydroxylation sites is 1. The topological polar surface area (TPSA) is 56.8 Å². The third-order valence-electron chi connectivity index (χ3n) is 5.70. The number of benzene rings is 3. The van der Waals surface area contributed by atoms with E-state index in [0.717, 1.165) is 35.4 Å². The van der Waals surface area contributed by atoms with Gasteiger partial charge in [-0.3, -0.25) is 0 Å². The Morgan fingerprint density at radius 1 is 1.09 bits per heavy atom. The molecule has 2 atom stereocenters. The number of esters is 1. The predicted octanol–water partition coefficient (Wildman–Crippen LogP) is 5.96. The molecule has 1 aliphatic heterocycles. The summed E-state index contributed by atoms with van der Waals surface area (Å²) in [7, 11) is 1.36. The van der Waals surface area contributed by atoms with Crippen LogP contribution in [0, 0.1) is 6.92 Å². The van der Waals surface area contributed by atoms with Gasteiger partial charge in [0, 0.05) is 22.4 Å². The first-order valence-corrected chi connectivity index (χ1v) is 12.0. The van der Waals surface area contributed by atoms with E-state index in [1.165, 1.54) is 17.7 Å². The zero-order valence-corrected chi connectivity index (χ0v) is 20.0. The molecule has 0 bridgehead atoms. The molecule has 0 amide bonds. The number of carbonyl (C=O) groups is 1. The Hall–Kier alpha value is -3.12. The number of hydrogen-bond acceptors (Lipinski definition) is 6. The van der Waals surface area contributed by atoms with Crippen LogP contribution in [0.3, 0.4) is 0 Å². The first-order valence-electron chi connectivity index (χ1n) is 11.1. The van der Waals surface area contributed by atoms with E-state index in [4.69, 9.17) is 14.2 Å². The van der Waals surface area contributed by atoms with Crippen LogP contribution in [0.25, 0.3) is 11.1 Å². The van der Waals surface area contributed by atoms with Gasteiger partial charge in [-0.1, -0.05) is 36.4 Å². The van der Waals surface area contributed by atoms with Gasteiger partial charge in [-0.05, 0) is 67.3 Å². The second-order valence-electron chi connectivity index (χ2n) is 7.99. The maximum Gasteiger partial charge on any atom is 0.346 e. The van der Waals surface area contributed by atoms with Crippen molar-refractivity contribution in [1.29, 1.82) is 0 Å². The van der Waals surface area contributed by atoms with E-state index in [1.54, 1.807) is 6.92 Å². The maximum atomic E-state index is 11.7. The lowest BCUT2D eigenvalue weighted by Crippen LogP contribution is -2.25. The van der Waals surface area contributed by atoms with Crippen molar-refractivity contribution in [1.82, 2.24) is 0 Å². The summed E-state index contributed by atoms with van der Waals surface area (Å²) in [6.45, 7) is 5.31. The van der Waals surface area contributed by atoms with Crippen molar-refractivity contribution in [2.75, 3.05) is 25.6 Å². The Morgan fingerprint density at radius 2 is 1.88 bits per heavy atom. The van der Waals surface area contributed by atoms with E-state index in [1.807, 2.05) is 49.0 Å². The molecule has 0 fully saturated rings. The fraction of sp³-hybridized carbons (Fsp3) is 0.296. The van der Waals surface area contributed by atoms with Crippen molar-refractivity contribution >= 4 is 23.4 Å². The minimum absolute atomic E-state index is 0.395. The van der Waals surface area contributed by atoms with Crippen molar-refractivity contribution in [3.63, 3.8) is 0 Å². The molecule has 3 aromatic carbocycles. The SMILES string of the molecule is COC(=O)C(C)Oc1cccc(-c2ccc(OCCC3CNc4ccccc4S3)cc2)c1C. The monoisotopic (exact) mass is 463 g/mol. The number of anilines is 1. The standard InChI is InChI=1S/C27H29NO4S/c1-18-23(7-6-9-25(18)32-19(2)27(29)30-3)20-11-13-21(14-12-20)31-16-15-22-17-28-24-8-4-5-10-26(24)33-22/h4-14,19,22,28H,15-17H2,1-3H3. The largest absolute Gasteiger partial charge is 0.494 e. The van der Waals surface area contributed by atoms with Crippen LogP contribution in [0.15, 0.2) is 71.6 Å². The van der Waals surface area contributed by atoms with Gasteiger partial charge >= 0.3 is 5.97 Å². The van der Waals surface area contributed by atoms with Crippen molar-refractivity contribution in [2.45, 2.75) is 36.5 Å². The summed E-state index contributed by atoms with van der Waals surface area (Å²) in [5.74, 6) is 1.14. The summed E-state index contributed by atoms with van der Waals surface area (Å²) in [5, 5.41) is 4.00. The van der Waals surface area contributed by atoms with E-state index in [9.17, 15) is 4.79 Å². The number of ether oxygens (including phenoxy) is 3. The summed E-state index contributed by atoms with van der Waals surface area (Å²) >= 11 is 1.92. The normalized spacial score (nSPS) is 15.7. The molecule has 2 unspecified atom stereocenters. The number of thioether (sulfide) groups is 1. The average Bonchev–Trinajstić information content (AvgIpc) is 2.85. The van der Waals surface area contributed by atoms with E-state index >= 15 is 0 Å². The Balaban J connectivity index is 1.34. The minimum Gasteiger partial charge on any atom is -0.494 e. The van der Waals surface area contributed by atoms with Crippen LogP contribution in [0.1, 0.15) is 18.9 Å². The highest BCUT2D eigenvalue weighted by molar-refractivity contribution is 8.00. The zero-order chi connectivity index (χ0) is 23.2. The highest BCUT2D eigenvalue weighted by Crippen LogP contribution is 2.36. The van der Waals surface area contributed by atoms with Crippen LogP contribution in [0.5, 0.6) is 11.5 Å². The summed E-state index contributed by atoms with van der Waals surface area (Å²) in [4.78, 5) is 13.0.